The Morgan fingerprint density at radius 1 is 1.35 bits per heavy atom. The van der Waals surface area contributed by atoms with Crippen LogP contribution in [0.3, 0.4) is 0 Å². The molecule has 2 aromatic rings. The fourth-order valence-corrected chi connectivity index (χ4v) is 1.92. The Morgan fingerprint density at radius 3 is 2.71 bits per heavy atom. The Bertz CT molecular complexity index is 533. The zero-order valence-corrected chi connectivity index (χ0v) is 10.9. The first-order chi connectivity index (χ1) is 8.11. The van der Waals surface area contributed by atoms with Gasteiger partial charge in [0.1, 0.15) is 0 Å². The molecule has 0 aliphatic rings. The number of nitrogens with zero attached hydrogens (tertiary/aromatic N) is 3. The summed E-state index contributed by atoms with van der Waals surface area (Å²) in [5, 5.41) is 8.12. The largest absolute Gasteiger partial charge is 0.314 e. The van der Waals surface area contributed by atoms with E-state index in [4.69, 9.17) is 11.6 Å². The van der Waals surface area contributed by atoms with E-state index in [1.54, 1.807) is 0 Å². The number of halogens is 1. The van der Waals surface area contributed by atoms with Gasteiger partial charge in [0.15, 0.2) is 5.82 Å². The third-order valence-electron chi connectivity index (χ3n) is 2.47. The second kappa shape index (κ2) is 4.85. The summed E-state index contributed by atoms with van der Waals surface area (Å²) in [6.45, 7) is 4.62. The smallest absolute Gasteiger partial charge is 0.154 e. The highest BCUT2D eigenvalue weighted by Crippen LogP contribution is 2.17. The third kappa shape index (κ3) is 2.48. The van der Waals surface area contributed by atoms with E-state index in [0.29, 0.717) is 11.6 Å². The molecule has 0 aromatic carbocycles. The van der Waals surface area contributed by atoms with Crippen LogP contribution in [-0.2, 0) is 6.54 Å². The zero-order valence-electron chi connectivity index (χ0n) is 10.2. The van der Waals surface area contributed by atoms with E-state index in [9.17, 15) is 0 Å². The Kier molecular flexibility index (Phi) is 3.45. The van der Waals surface area contributed by atoms with Gasteiger partial charge >= 0.3 is 0 Å². The summed E-state index contributed by atoms with van der Waals surface area (Å²) < 4.78 is 1.82. The molecule has 0 saturated carbocycles. The first-order valence-corrected chi connectivity index (χ1v) is 5.83. The van der Waals surface area contributed by atoms with Crippen molar-refractivity contribution in [2.75, 3.05) is 7.05 Å². The van der Waals surface area contributed by atoms with Crippen molar-refractivity contribution >= 4 is 11.6 Å². The maximum Gasteiger partial charge on any atom is 0.154 e. The van der Waals surface area contributed by atoms with E-state index < -0.39 is 0 Å². The first kappa shape index (κ1) is 12.1. The third-order valence-corrected chi connectivity index (χ3v) is 2.82. The lowest BCUT2D eigenvalue weighted by Gasteiger charge is -2.07. The van der Waals surface area contributed by atoms with Gasteiger partial charge in [0.25, 0.3) is 0 Å². The van der Waals surface area contributed by atoms with Gasteiger partial charge in [0.2, 0.25) is 0 Å². The predicted octanol–water partition coefficient (Wildman–Crippen LogP) is 2.26. The summed E-state index contributed by atoms with van der Waals surface area (Å²) in [4.78, 5) is 4.51. The zero-order chi connectivity index (χ0) is 12.4. The van der Waals surface area contributed by atoms with Crippen molar-refractivity contribution in [3.05, 3.63) is 40.3 Å². The Morgan fingerprint density at radius 2 is 2.12 bits per heavy atom. The van der Waals surface area contributed by atoms with Crippen LogP contribution in [0.15, 0.2) is 18.2 Å². The van der Waals surface area contributed by atoms with Gasteiger partial charge in [-0.05, 0) is 39.1 Å². The maximum absolute atomic E-state index is 6.08. The molecule has 4 nitrogen and oxygen atoms in total. The molecule has 0 radical (unpaired) electrons. The number of hydrogen-bond acceptors (Lipinski definition) is 3. The monoisotopic (exact) mass is 250 g/mol. The molecule has 17 heavy (non-hydrogen) atoms. The lowest BCUT2D eigenvalue weighted by Crippen LogP contribution is -2.10. The molecular formula is C12H15ClN4. The van der Waals surface area contributed by atoms with E-state index in [2.05, 4.69) is 15.4 Å². The van der Waals surface area contributed by atoms with E-state index >= 15 is 0 Å². The molecule has 0 aliphatic carbocycles. The minimum absolute atomic E-state index is 0.645. The second-order valence-corrected chi connectivity index (χ2v) is 4.37. The maximum atomic E-state index is 6.08. The van der Waals surface area contributed by atoms with Crippen LogP contribution in [-0.4, -0.2) is 21.8 Å². The Labute approximate surface area is 106 Å². The molecule has 2 heterocycles. The summed E-state index contributed by atoms with van der Waals surface area (Å²) in [5.41, 5.74) is 2.88. The van der Waals surface area contributed by atoms with Crippen molar-refractivity contribution in [2.45, 2.75) is 20.4 Å². The fourth-order valence-electron chi connectivity index (χ4n) is 1.74. The van der Waals surface area contributed by atoms with Gasteiger partial charge < -0.3 is 5.32 Å². The summed E-state index contributed by atoms with van der Waals surface area (Å²) in [6, 6.07) is 5.75. The van der Waals surface area contributed by atoms with Crippen LogP contribution in [0.2, 0.25) is 5.02 Å². The molecule has 0 bridgehead atoms. The van der Waals surface area contributed by atoms with Crippen LogP contribution in [0.5, 0.6) is 0 Å². The molecule has 0 atom stereocenters. The van der Waals surface area contributed by atoms with Gasteiger partial charge in [-0.25, -0.2) is 9.67 Å². The number of rotatable bonds is 3. The van der Waals surface area contributed by atoms with E-state index in [-0.39, 0.29) is 0 Å². The molecule has 2 aromatic heterocycles. The lowest BCUT2D eigenvalue weighted by molar-refractivity contribution is 0.759. The van der Waals surface area contributed by atoms with Crippen LogP contribution >= 0.6 is 11.6 Å². The quantitative estimate of drug-likeness (QED) is 0.909. The van der Waals surface area contributed by atoms with Gasteiger partial charge in [-0.3, -0.25) is 0 Å². The average Bonchev–Trinajstić information content (AvgIpc) is 2.61. The highest BCUT2D eigenvalue weighted by Gasteiger charge is 2.08. The normalized spacial score (nSPS) is 10.8. The topological polar surface area (TPSA) is 42.7 Å². The van der Waals surface area contributed by atoms with Gasteiger partial charge in [0.05, 0.1) is 16.4 Å². The number of nitrogens with one attached hydrogen (secondary N) is 1. The van der Waals surface area contributed by atoms with Crippen molar-refractivity contribution in [2.24, 2.45) is 0 Å². The Balaban J connectivity index is 2.46. The number of pyridine rings is 1. The highest BCUT2D eigenvalue weighted by molar-refractivity contribution is 6.31. The van der Waals surface area contributed by atoms with Crippen LogP contribution in [0.25, 0.3) is 5.82 Å². The van der Waals surface area contributed by atoms with E-state index in [1.807, 2.05) is 43.8 Å². The Hall–Kier alpha value is -1.39. The van der Waals surface area contributed by atoms with Crippen LogP contribution in [0, 0.1) is 13.8 Å². The molecule has 0 fully saturated rings. The van der Waals surface area contributed by atoms with Gasteiger partial charge in [-0.15, -0.1) is 0 Å². The molecule has 5 heteroatoms. The average molecular weight is 251 g/mol. The number of hydrogen-bond donors (Lipinski definition) is 1. The summed E-state index contributed by atoms with van der Waals surface area (Å²) in [6.07, 6.45) is 0. The predicted molar refractivity (Wildman–Crippen MR) is 68.6 cm³/mol. The van der Waals surface area contributed by atoms with Crippen molar-refractivity contribution in [1.82, 2.24) is 20.1 Å². The van der Waals surface area contributed by atoms with Crippen LogP contribution in [0.4, 0.5) is 0 Å². The molecule has 0 saturated heterocycles. The molecular weight excluding hydrogens is 236 g/mol. The van der Waals surface area contributed by atoms with E-state index in [0.717, 1.165) is 22.9 Å². The molecule has 2 rings (SSSR count). The second-order valence-electron chi connectivity index (χ2n) is 3.97. The SMILES string of the molecule is CNCc1nc(-n2nc(C)cc2C)ccc1Cl. The molecule has 0 spiro atoms. The molecule has 0 aliphatic heterocycles. The van der Waals surface area contributed by atoms with Crippen molar-refractivity contribution in [3.8, 4) is 5.82 Å². The van der Waals surface area contributed by atoms with E-state index in [1.165, 1.54) is 0 Å². The summed E-state index contributed by atoms with van der Waals surface area (Å²) in [7, 11) is 1.87. The minimum Gasteiger partial charge on any atom is -0.314 e. The summed E-state index contributed by atoms with van der Waals surface area (Å²) >= 11 is 6.08. The van der Waals surface area contributed by atoms with Crippen molar-refractivity contribution < 1.29 is 0 Å². The van der Waals surface area contributed by atoms with Crippen LogP contribution in [0.1, 0.15) is 17.1 Å². The standard InChI is InChI=1S/C12H15ClN4/c1-8-6-9(2)17(16-8)12-5-4-10(13)11(15-12)7-14-3/h4-6,14H,7H2,1-3H3. The summed E-state index contributed by atoms with van der Waals surface area (Å²) in [5.74, 6) is 0.797. The molecule has 90 valence electrons. The minimum atomic E-state index is 0.645. The fraction of sp³-hybridized carbons (Fsp3) is 0.333. The lowest BCUT2D eigenvalue weighted by atomic mass is 10.3. The molecule has 0 amide bonds. The van der Waals surface area contributed by atoms with Gasteiger partial charge in [0, 0.05) is 12.2 Å². The number of aromatic nitrogens is 3. The molecule has 1 N–H and O–H groups in total. The van der Waals surface area contributed by atoms with Crippen molar-refractivity contribution in [3.63, 3.8) is 0 Å². The van der Waals surface area contributed by atoms with Crippen LogP contribution < -0.4 is 5.32 Å². The molecule has 0 unspecified atom stereocenters. The first-order valence-electron chi connectivity index (χ1n) is 5.45. The highest BCUT2D eigenvalue weighted by atomic mass is 35.5. The van der Waals surface area contributed by atoms with Gasteiger partial charge in [-0.2, -0.15) is 5.10 Å². The van der Waals surface area contributed by atoms with Gasteiger partial charge in [-0.1, -0.05) is 11.6 Å². The number of aryl methyl sites for hydroxylation is 2. The van der Waals surface area contributed by atoms with Crippen molar-refractivity contribution in [1.29, 1.82) is 0 Å².